The van der Waals surface area contributed by atoms with E-state index >= 15 is 0 Å². The van der Waals surface area contributed by atoms with Crippen molar-refractivity contribution in [2.24, 2.45) is 0 Å². The van der Waals surface area contributed by atoms with Crippen LogP contribution in [-0.2, 0) is 0 Å². The van der Waals surface area contributed by atoms with E-state index in [1.807, 2.05) is 6.92 Å². The van der Waals surface area contributed by atoms with Crippen molar-refractivity contribution in [3.8, 4) is 29.9 Å². The second-order valence-electron chi connectivity index (χ2n) is 7.97. The highest BCUT2D eigenvalue weighted by atomic mass is 16.5. The Morgan fingerprint density at radius 3 is 2.47 bits per heavy atom. The molecule has 164 valence electrons. The number of aromatic nitrogens is 3. The third-order valence-corrected chi connectivity index (χ3v) is 5.47. The van der Waals surface area contributed by atoms with Gasteiger partial charge in [0.05, 0.1) is 34.8 Å². The number of benzene rings is 1. The number of nitrogens with zero attached hydrogens (tertiary/aromatic N) is 3. The topological polar surface area (TPSA) is 71.1 Å². The van der Waals surface area contributed by atoms with E-state index < -0.39 is 0 Å². The number of likely N-dealkylation sites (N-methyl/N-ethyl adjacent to an activating group) is 1. The van der Waals surface area contributed by atoms with E-state index in [0.717, 1.165) is 23.1 Å². The van der Waals surface area contributed by atoms with Gasteiger partial charge in [-0.2, -0.15) is 0 Å². The molecule has 0 spiro atoms. The molecule has 1 atom stereocenters. The van der Waals surface area contributed by atoms with Crippen molar-refractivity contribution in [2.75, 3.05) is 27.7 Å². The average Bonchev–Trinajstić information content (AvgIpc) is 2.80. The standard InChI is InChI=1S/C24H26N4O2.C2H2/c1-14(13-28(3)4)16-8-10-17(11-9-16)19-20-21(15(2)26-24(19)30-5)27-23(29)18-7-6-12-25-22(18)20;1-2/h6-12,14H,13H2,1-5H3,(H,27,29);1-2H. The minimum Gasteiger partial charge on any atom is -0.481 e. The summed E-state index contributed by atoms with van der Waals surface area (Å²) in [6.07, 6.45) is 9.71. The molecule has 4 rings (SSSR count). The van der Waals surface area contributed by atoms with Crippen molar-refractivity contribution in [1.82, 2.24) is 19.9 Å². The van der Waals surface area contributed by atoms with Gasteiger partial charge in [0, 0.05) is 18.1 Å². The van der Waals surface area contributed by atoms with E-state index in [9.17, 15) is 4.79 Å². The van der Waals surface area contributed by atoms with E-state index in [4.69, 9.17) is 4.74 Å². The number of ether oxygens (including phenoxy) is 1. The summed E-state index contributed by atoms with van der Waals surface area (Å²) >= 11 is 0. The third kappa shape index (κ3) is 4.20. The molecule has 0 amide bonds. The van der Waals surface area contributed by atoms with E-state index in [1.165, 1.54) is 5.56 Å². The van der Waals surface area contributed by atoms with Gasteiger partial charge >= 0.3 is 0 Å². The molecule has 0 saturated carbocycles. The summed E-state index contributed by atoms with van der Waals surface area (Å²) in [5.41, 5.74) is 4.96. The Labute approximate surface area is 188 Å². The minimum absolute atomic E-state index is 0.167. The maximum absolute atomic E-state index is 12.6. The van der Waals surface area contributed by atoms with Gasteiger partial charge in [-0.1, -0.05) is 31.2 Å². The van der Waals surface area contributed by atoms with Crippen LogP contribution in [0.4, 0.5) is 0 Å². The number of H-pyrrole nitrogens is 1. The number of rotatable bonds is 5. The van der Waals surface area contributed by atoms with Crippen molar-refractivity contribution in [1.29, 1.82) is 0 Å². The van der Waals surface area contributed by atoms with Gasteiger partial charge in [0.1, 0.15) is 0 Å². The van der Waals surface area contributed by atoms with Gasteiger partial charge in [-0.05, 0) is 50.2 Å². The van der Waals surface area contributed by atoms with Gasteiger partial charge in [0.25, 0.3) is 5.56 Å². The number of fused-ring (bicyclic) bond motifs is 3. The van der Waals surface area contributed by atoms with Crippen LogP contribution in [0.15, 0.2) is 47.4 Å². The van der Waals surface area contributed by atoms with Gasteiger partial charge in [0.15, 0.2) is 0 Å². The second-order valence-corrected chi connectivity index (χ2v) is 7.97. The highest BCUT2D eigenvalue weighted by molar-refractivity contribution is 6.12. The van der Waals surface area contributed by atoms with Crippen LogP contribution in [0.25, 0.3) is 32.9 Å². The Bertz CT molecular complexity index is 1320. The monoisotopic (exact) mass is 428 g/mol. The molecule has 0 aliphatic heterocycles. The fourth-order valence-electron chi connectivity index (χ4n) is 4.08. The minimum atomic E-state index is -0.167. The molecule has 0 aliphatic rings. The zero-order chi connectivity index (χ0) is 23.4. The summed E-state index contributed by atoms with van der Waals surface area (Å²) < 4.78 is 5.66. The fourth-order valence-corrected chi connectivity index (χ4v) is 4.08. The maximum atomic E-state index is 12.6. The van der Waals surface area contributed by atoms with E-state index in [1.54, 1.807) is 25.4 Å². The van der Waals surface area contributed by atoms with Crippen molar-refractivity contribution < 1.29 is 4.74 Å². The molecule has 0 saturated heterocycles. The lowest BCUT2D eigenvalue weighted by atomic mass is 9.95. The highest BCUT2D eigenvalue weighted by Crippen LogP contribution is 2.38. The summed E-state index contributed by atoms with van der Waals surface area (Å²) in [7, 11) is 5.78. The Balaban J connectivity index is 0.00000141. The molecule has 0 aliphatic carbocycles. The third-order valence-electron chi connectivity index (χ3n) is 5.47. The predicted octanol–water partition coefficient (Wildman–Crippen LogP) is 4.37. The van der Waals surface area contributed by atoms with Crippen molar-refractivity contribution in [2.45, 2.75) is 19.8 Å². The average molecular weight is 429 g/mol. The van der Waals surface area contributed by atoms with E-state index in [2.05, 4.69) is 78.0 Å². The van der Waals surface area contributed by atoms with Gasteiger partial charge in [0.2, 0.25) is 5.88 Å². The molecular weight excluding hydrogens is 400 g/mol. The number of aryl methyl sites for hydroxylation is 1. The largest absolute Gasteiger partial charge is 0.481 e. The molecule has 32 heavy (non-hydrogen) atoms. The molecule has 0 bridgehead atoms. The summed E-state index contributed by atoms with van der Waals surface area (Å²) in [6, 6.07) is 12.0. The maximum Gasteiger partial charge on any atom is 0.257 e. The first-order chi connectivity index (χ1) is 15.4. The molecule has 0 fully saturated rings. The van der Waals surface area contributed by atoms with E-state index in [-0.39, 0.29) is 5.56 Å². The van der Waals surface area contributed by atoms with Crippen molar-refractivity contribution in [3.63, 3.8) is 0 Å². The number of methoxy groups -OCH3 is 1. The SMILES string of the molecule is C#C.COc1nc(C)c2[nH]c(=O)c3cccnc3c2c1-c1ccc(C(C)CN(C)C)cc1. The van der Waals surface area contributed by atoms with Crippen LogP contribution in [0.1, 0.15) is 24.1 Å². The summed E-state index contributed by atoms with van der Waals surface area (Å²) in [4.78, 5) is 26.9. The normalized spacial score (nSPS) is 11.9. The Kier molecular flexibility index (Phi) is 6.92. The number of nitrogens with one attached hydrogen (secondary N) is 1. The lowest BCUT2D eigenvalue weighted by Crippen LogP contribution is -2.18. The van der Waals surface area contributed by atoms with Crippen LogP contribution in [0.3, 0.4) is 0 Å². The molecule has 1 aromatic carbocycles. The summed E-state index contributed by atoms with van der Waals surface area (Å²) in [5.74, 6) is 0.941. The van der Waals surface area contributed by atoms with E-state index in [0.29, 0.717) is 33.9 Å². The van der Waals surface area contributed by atoms with Crippen LogP contribution >= 0.6 is 0 Å². The second kappa shape index (κ2) is 9.63. The predicted molar refractivity (Wildman–Crippen MR) is 131 cm³/mol. The molecule has 1 unspecified atom stereocenters. The zero-order valence-electron chi connectivity index (χ0n) is 19.1. The van der Waals surface area contributed by atoms with Crippen LogP contribution in [0.2, 0.25) is 0 Å². The first-order valence-electron chi connectivity index (χ1n) is 10.3. The number of aromatic amines is 1. The molecule has 4 aromatic rings. The van der Waals surface area contributed by atoms with Crippen molar-refractivity contribution >= 4 is 21.8 Å². The van der Waals surface area contributed by atoms with Crippen LogP contribution in [0.5, 0.6) is 5.88 Å². The molecule has 1 N–H and O–H groups in total. The molecule has 3 heterocycles. The van der Waals surface area contributed by atoms with Gasteiger partial charge < -0.3 is 14.6 Å². The summed E-state index contributed by atoms with van der Waals surface area (Å²) in [5, 5.41) is 1.40. The smallest absolute Gasteiger partial charge is 0.257 e. The van der Waals surface area contributed by atoms with Crippen LogP contribution < -0.4 is 10.3 Å². The lowest BCUT2D eigenvalue weighted by Gasteiger charge is -2.18. The number of hydrogen-bond acceptors (Lipinski definition) is 5. The lowest BCUT2D eigenvalue weighted by molar-refractivity contribution is 0.383. The molecular formula is C26H28N4O2. The molecule has 6 nitrogen and oxygen atoms in total. The Morgan fingerprint density at radius 1 is 1.16 bits per heavy atom. The first-order valence-corrected chi connectivity index (χ1v) is 10.3. The summed E-state index contributed by atoms with van der Waals surface area (Å²) in [6.45, 7) is 5.07. The Hall–Kier alpha value is -3.69. The van der Waals surface area contributed by atoms with Gasteiger partial charge in [-0.15, -0.1) is 12.8 Å². The quantitative estimate of drug-likeness (QED) is 0.378. The van der Waals surface area contributed by atoms with Crippen LogP contribution in [0, 0.1) is 19.8 Å². The van der Waals surface area contributed by atoms with Gasteiger partial charge in [-0.3, -0.25) is 9.78 Å². The highest BCUT2D eigenvalue weighted by Gasteiger charge is 2.20. The zero-order valence-corrected chi connectivity index (χ0v) is 19.1. The number of terminal acetylenes is 1. The molecule has 6 heteroatoms. The molecule has 3 aromatic heterocycles. The van der Waals surface area contributed by atoms with Gasteiger partial charge in [-0.25, -0.2) is 4.98 Å². The molecule has 0 radical (unpaired) electrons. The van der Waals surface area contributed by atoms with Crippen molar-refractivity contribution in [3.05, 3.63) is 64.2 Å². The number of hydrogen-bond donors (Lipinski definition) is 1. The Morgan fingerprint density at radius 2 is 1.84 bits per heavy atom. The van der Waals surface area contributed by atoms with Crippen LogP contribution in [-0.4, -0.2) is 47.6 Å². The number of pyridine rings is 3. The fraction of sp³-hybridized carbons (Fsp3) is 0.269. The first kappa shape index (κ1) is 23.0.